The fourth-order valence-electron chi connectivity index (χ4n) is 1.43. The lowest BCUT2D eigenvalue weighted by molar-refractivity contribution is -0.146. The first-order chi connectivity index (χ1) is 8.69. The van der Waals surface area contributed by atoms with E-state index in [9.17, 15) is 14.0 Å². The molecule has 0 saturated carbocycles. The molecule has 5 nitrogen and oxygen atoms in total. The predicted molar refractivity (Wildman–Crippen MR) is 69.7 cm³/mol. The Kier molecular flexibility index (Phi) is 4.14. The number of carboxylic acid groups (broad SMARTS) is 1. The van der Waals surface area contributed by atoms with E-state index in [4.69, 9.17) is 5.11 Å². The van der Waals surface area contributed by atoms with Crippen LogP contribution in [0.2, 0.25) is 0 Å². The van der Waals surface area contributed by atoms with Crippen LogP contribution in [0.3, 0.4) is 0 Å². The summed E-state index contributed by atoms with van der Waals surface area (Å²) in [5.74, 6) is -1.68. The van der Waals surface area contributed by atoms with Crippen molar-refractivity contribution in [3.63, 3.8) is 0 Å². The largest absolute Gasteiger partial charge is 0.480 e. The van der Waals surface area contributed by atoms with E-state index in [0.29, 0.717) is 0 Å². The molecule has 0 atom stereocenters. The van der Waals surface area contributed by atoms with Crippen LogP contribution in [0.25, 0.3) is 0 Å². The zero-order valence-corrected chi connectivity index (χ0v) is 11.3. The minimum Gasteiger partial charge on any atom is -0.480 e. The standard InChI is InChI=1S/C13H17FN2O3/c1-13(2,11(17)18)16(4)12(19)15(3)10-8-6-5-7-9(10)14/h5-8H,1-4H3,(H,17,18). The third-order valence-corrected chi connectivity index (χ3v) is 3.15. The summed E-state index contributed by atoms with van der Waals surface area (Å²) in [4.78, 5) is 25.4. The summed E-state index contributed by atoms with van der Waals surface area (Å²) in [5.41, 5.74) is -1.28. The molecule has 19 heavy (non-hydrogen) atoms. The monoisotopic (exact) mass is 268 g/mol. The first-order valence-electron chi connectivity index (χ1n) is 5.69. The van der Waals surface area contributed by atoms with Crippen LogP contribution in [0.1, 0.15) is 13.8 Å². The molecule has 0 unspecified atom stereocenters. The van der Waals surface area contributed by atoms with E-state index in [1.165, 1.54) is 46.1 Å². The van der Waals surface area contributed by atoms with Gasteiger partial charge in [0.05, 0.1) is 5.69 Å². The smallest absolute Gasteiger partial charge is 0.329 e. The van der Waals surface area contributed by atoms with Crippen LogP contribution in [0.4, 0.5) is 14.9 Å². The Bertz CT molecular complexity index is 502. The SMILES string of the molecule is CN(C(=O)N(C)C(C)(C)C(=O)O)c1ccccc1F. The molecule has 0 bridgehead atoms. The van der Waals surface area contributed by atoms with Gasteiger partial charge in [-0.15, -0.1) is 0 Å². The molecule has 0 aliphatic rings. The molecule has 0 saturated heterocycles. The number of urea groups is 1. The van der Waals surface area contributed by atoms with Crippen LogP contribution in [0.5, 0.6) is 0 Å². The number of anilines is 1. The van der Waals surface area contributed by atoms with E-state index in [2.05, 4.69) is 0 Å². The fourth-order valence-corrected chi connectivity index (χ4v) is 1.43. The van der Waals surface area contributed by atoms with Crippen LogP contribution in [0.15, 0.2) is 24.3 Å². The number of likely N-dealkylation sites (N-methyl/N-ethyl adjacent to an activating group) is 1. The number of amides is 2. The van der Waals surface area contributed by atoms with E-state index >= 15 is 0 Å². The highest BCUT2D eigenvalue weighted by molar-refractivity contribution is 5.95. The third-order valence-electron chi connectivity index (χ3n) is 3.15. The van der Waals surface area contributed by atoms with Gasteiger partial charge in [0.25, 0.3) is 0 Å². The van der Waals surface area contributed by atoms with Crippen molar-refractivity contribution < 1.29 is 19.1 Å². The molecular formula is C13H17FN2O3. The minimum absolute atomic E-state index is 0.0977. The Labute approximate surface area is 111 Å². The fraction of sp³-hybridized carbons (Fsp3) is 0.385. The molecule has 0 aliphatic heterocycles. The maximum absolute atomic E-state index is 13.6. The number of para-hydroxylation sites is 1. The van der Waals surface area contributed by atoms with Crippen LogP contribution < -0.4 is 4.90 Å². The number of halogens is 1. The van der Waals surface area contributed by atoms with E-state index < -0.39 is 23.4 Å². The van der Waals surface area contributed by atoms with Crippen molar-refractivity contribution in [2.24, 2.45) is 0 Å². The molecule has 104 valence electrons. The Balaban J connectivity index is 3.02. The van der Waals surface area contributed by atoms with Gasteiger partial charge in [0.1, 0.15) is 11.4 Å². The van der Waals surface area contributed by atoms with Crippen molar-refractivity contribution in [3.8, 4) is 0 Å². The first-order valence-corrected chi connectivity index (χ1v) is 5.69. The zero-order valence-electron chi connectivity index (χ0n) is 11.3. The van der Waals surface area contributed by atoms with Crippen molar-refractivity contribution in [2.75, 3.05) is 19.0 Å². The third kappa shape index (κ3) is 2.83. The molecule has 0 spiro atoms. The molecule has 6 heteroatoms. The molecule has 1 N–H and O–H groups in total. The lowest BCUT2D eigenvalue weighted by Gasteiger charge is -2.34. The highest BCUT2D eigenvalue weighted by atomic mass is 19.1. The summed E-state index contributed by atoms with van der Waals surface area (Å²) in [6.07, 6.45) is 0. The Morgan fingerprint density at radius 3 is 2.21 bits per heavy atom. The molecule has 1 aromatic carbocycles. The topological polar surface area (TPSA) is 60.9 Å². The van der Waals surface area contributed by atoms with Crippen LogP contribution >= 0.6 is 0 Å². The van der Waals surface area contributed by atoms with Gasteiger partial charge in [0.2, 0.25) is 0 Å². The van der Waals surface area contributed by atoms with Crippen molar-refractivity contribution in [2.45, 2.75) is 19.4 Å². The zero-order chi connectivity index (χ0) is 14.8. The average Bonchev–Trinajstić information content (AvgIpc) is 2.36. The van der Waals surface area contributed by atoms with E-state index in [1.807, 2.05) is 0 Å². The van der Waals surface area contributed by atoms with Gasteiger partial charge < -0.3 is 10.0 Å². The number of carboxylic acids is 1. The van der Waals surface area contributed by atoms with Crippen LogP contribution in [-0.4, -0.2) is 41.6 Å². The predicted octanol–water partition coefficient (Wildman–Crippen LogP) is 2.18. The van der Waals surface area contributed by atoms with Crippen molar-refractivity contribution in [3.05, 3.63) is 30.1 Å². The van der Waals surface area contributed by atoms with Crippen molar-refractivity contribution in [1.29, 1.82) is 0 Å². The van der Waals surface area contributed by atoms with E-state index in [-0.39, 0.29) is 5.69 Å². The molecule has 1 rings (SSSR count). The number of carbonyl (C=O) groups excluding carboxylic acids is 1. The summed E-state index contributed by atoms with van der Waals surface area (Å²) >= 11 is 0. The van der Waals surface area contributed by atoms with Gasteiger partial charge in [0, 0.05) is 14.1 Å². The maximum atomic E-state index is 13.6. The van der Waals surface area contributed by atoms with Gasteiger partial charge in [-0.1, -0.05) is 12.1 Å². The summed E-state index contributed by atoms with van der Waals surface area (Å²) < 4.78 is 13.6. The number of aliphatic carboxylic acids is 1. The number of nitrogens with zero attached hydrogens (tertiary/aromatic N) is 2. The Hall–Kier alpha value is -2.11. The van der Waals surface area contributed by atoms with Gasteiger partial charge in [-0.2, -0.15) is 0 Å². The lowest BCUT2D eigenvalue weighted by atomic mass is 10.0. The highest BCUT2D eigenvalue weighted by Gasteiger charge is 2.37. The quantitative estimate of drug-likeness (QED) is 0.914. The maximum Gasteiger partial charge on any atom is 0.329 e. The summed E-state index contributed by atoms with van der Waals surface area (Å²) in [6, 6.07) is 5.21. The second kappa shape index (κ2) is 5.26. The summed E-state index contributed by atoms with van der Waals surface area (Å²) in [5, 5.41) is 9.08. The minimum atomic E-state index is -1.38. The van der Waals surface area contributed by atoms with Gasteiger partial charge >= 0.3 is 12.0 Å². The number of hydrogen-bond donors (Lipinski definition) is 1. The van der Waals surface area contributed by atoms with Gasteiger partial charge in [-0.05, 0) is 26.0 Å². The molecule has 0 heterocycles. The van der Waals surface area contributed by atoms with Gasteiger partial charge in [0.15, 0.2) is 0 Å². The van der Waals surface area contributed by atoms with Crippen LogP contribution in [0, 0.1) is 5.82 Å². The number of carbonyl (C=O) groups is 2. The molecule has 0 aliphatic carbocycles. The molecule has 0 aromatic heterocycles. The Morgan fingerprint density at radius 2 is 1.74 bits per heavy atom. The molecular weight excluding hydrogens is 251 g/mol. The van der Waals surface area contributed by atoms with Crippen LogP contribution in [-0.2, 0) is 4.79 Å². The van der Waals surface area contributed by atoms with E-state index in [0.717, 1.165) is 9.80 Å². The van der Waals surface area contributed by atoms with Gasteiger partial charge in [-0.3, -0.25) is 4.90 Å². The van der Waals surface area contributed by atoms with Crippen molar-refractivity contribution >= 4 is 17.7 Å². The van der Waals surface area contributed by atoms with Gasteiger partial charge in [-0.25, -0.2) is 14.0 Å². The number of benzene rings is 1. The van der Waals surface area contributed by atoms with E-state index in [1.54, 1.807) is 6.07 Å². The molecule has 2 amide bonds. The number of rotatable bonds is 3. The number of hydrogen-bond acceptors (Lipinski definition) is 2. The molecule has 0 fully saturated rings. The average molecular weight is 268 g/mol. The molecule has 1 aromatic rings. The normalized spacial score (nSPS) is 11.0. The Morgan fingerprint density at radius 1 is 1.21 bits per heavy atom. The lowest BCUT2D eigenvalue weighted by Crippen LogP contribution is -2.54. The van der Waals surface area contributed by atoms with Crippen molar-refractivity contribution in [1.82, 2.24) is 4.90 Å². The highest BCUT2D eigenvalue weighted by Crippen LogP contribution is 2.21. The second-order valence-electron chi connectivity index (χ2n) is 4.72. The summed E-state index contributed by atoms with van der Waals surface area (Å²) in [7, 11) is 2.77. The second-order valence-corrected chi connectivity index (χ2v) is 4.72. The summed E-state index contributed by atoms with van der Waals surface area (Å²) in [6.45, 7) is 2.81. The first kappa shape index (κ1) is 14.9. The molecule has 0 radical (unpaired) electrons.